The lowest BCUT2D eigenvalue weighted by atomic mass is 10.1. The van der Waals surface area contributed by atoms with Crippen LogP contribution in [0.15, 0.2) is 29.2 Å². The zero-order chi connectivity index (χ0) is 12.3. The summed E-state index contributed by atoms with van der Waals surface area (Å²) in [4.78, 5) is 11.8. The molecule has 0 spiro atoms. The molecule has 1 aromatic rings. The molecule has 17 heavy (non-hydrogen) atoms. The molecule has 1 aliphatic rings. The highest BCUT2D eigenvalue weighted by molar-refractivity contribution is 7.99. The molecule has 1 aliphatic heterocycles. The van der Waals surface area contributed by atoms with Gasteiger partial charge in [-0.2, -0.15) is 0 Å². The van der Waals surface area contributed by atoms with Crippen molar-refractivity contribution in [3.05, 3.63) is 29.8 Å². The van der Waals surface area contributed by atoms with Crippen molar-refractivity contribution in [2.24, 2.45) is 0 Å². The fraction of sp³-hybridized carbons (Fsp3) is 0.500. The molecular formula is C14H18O2S. The lowest BCUT2D eigenvalue weighted by molar-refractivity contribution is -0.00466. The van der Waals surface area contributed by atoms with E-state index in [0.717, 1.165) is 35.3 Å². The quantitative estimate of drug-likeness (QED) is 0.604. The van der Waals surface area contributed by atoms with Crippen LogP contribution in [0.25, 0.3) is 0 Å². The van der Waals surface area contributed by atoms with Crippen LogP contribution in [0.2, 0.25) is 0 Å². The molecule has 3 heteroatoms. The van der Waals surface area contributed by atoms with Gasteiger partial charge in [-0.15, -0.1) is 11.8 Å². The highest BCUT2D eigenvalue weighted by atomic mass is 32.2. The molecule has 1 aromatic carbocycles. The van der Waals surface area contributed by atoms with E-state index in [4.69, 9.17) is 4.74 Å². The third-order valence-electron chi connectivity index (χ3n) is 2.98. The van der Waals surface area contributed by atoms with Gasteiger partial charge < -0.3 is 4.74 Å². The average Bonchev–Trinajstić information content (AvgIpc) is 2.67. The van der Waals surface area contributed by atoms with Crippen molar-refractivity contribution in [3.8, 4) is 0 Å². The van der Waals surface area contributed by atoms with Crippen molar-refractivity contribution in [2.45, 2.75) is 43.3 Å². The third kappa shape index (κ3) is 3.58. The van der Waals surface area contributed by atoms with E-state index in [0.29, 0.717) is 6.10 Å². The first-order valence-electron chi connectivity index (χ1n) is 5.95. The standard InChI is InChI=1S/C14H18O2S/c1-14(2)7-6-12(16-14)10-17-13-5-3-4-11(8-13)9-15/h3-5,8-9,12H,6-7,10H2,1-2H3. The van der Waals surface area contributed by atoms with Gasteiger partial charge in [0.15, 0.2) is 0 Å². The molecule has 0 N–H and O–H groups in total. The molecule has 0 saturated carbocycles. The summed E-state index contributed by atoms with van der Waals surface area (Å²) in [6, 6.07) is 7.72. The van der Waals surface area contributed by atoms with Gasteiger partial charge in [-0.1, -0.05) is 12.1 Å². The Morgan fingerprint density at radius 3 is 3.00 bits per heavy atom. The van der Waals surface area contributed by atoms with Crippen LogP contribution in [0, 0.1) is 0 Å². The molecule has 1 fully saturated rings. The highest BCUT2D eigenvalue weighted by Gasteiger charge is 2.31. The van der Waals surface area contributed by atoms with Crippen LogP contribution in [0.4, 0.5) is 0 Å². The normalized spacial score (nSPS) is 22.6. The summed E-state index contributed by atoms with van der Waals surface area (Å²) < 4.78 is 5.94. The molecule has 1 saturated heterocycles. The van der Waals surface area contributed by atoms with Crippen molar-refractivity contribution in [3.63, 3.8) is 0 Å². The van der Waals surface area contributed by atoms with Crippen molar-refractivity contribution in [2.75, 3.05) is 5.75 Å². The van der Waals surface area contributed by atoms with E-state index in [-0.39, 0.29) is 5.60 Å². The summed E-state index contributed by atoms with van der Waals surface area (Å²) in [5, 5.41) is 0. The largest absolute Gasteiger partial charge is 0.371 e. The molecular weight excluding hydrogens is 232 g/mol. The summed E-state index contributed by atoms with van der Waals surface area (Å²) in [5.74, 6) is 0.964. The van der Waals surface area contributed by atoms with Gasteiger partial charge in [0.25, 0.3) is 0 Å². The maximum Gasteiger partial charge on any atom is 0.150 e. The molecule has 92 valence electrons. The van der Waals surface area contributed by atoms with Crippen LogP contribution in [0.5, 0.6) is 0 Å². The molecule has 0 aliphatic carbocycles. The fourth-order valence-electron chi connectivity index (χ4n) is 2.06. The van der Waals surface area contributed by atoms with Crippen LogP contribution < -0.4 is 0 Å². The fourth-order valence-corrected chi connectivity index (χ4v) is 3.07. The van der Waals surface area contributed by atoms with E-state index in [1.54, 1.807) is 11.8 Å². The maximum atomic E-state index is 10.7. The monoisotopic (exact) mass is 250 g/mol. The number of rotatable bonds is 4. The van der Waals surface area contributed by atoms with Crippen LogP contribution >= 0.6 is 11.8 Å². The number of carbonyl (C=O) groups excluding carboxylic acids is 1. The first-order chi connectivity index (χ1) is 8.09. The summed E-state index contributed by atoms with van der Waals surface area (Å²) in [6.45, 7) is 4.29. The van der Waals surface area contributed by atoms with Crippen LogP contribution in [0.3, 0.4) is 0 Å². The number of thioether (sulfide) groups is 1. The zero-order valence-corrected chi connectivity index (χ0v) is 11.1. The predicted octanol–water partition coefficient (Wildman–Crippen LogP) is 3.55. The number of aldehydes is 1. The zero-order valence-electron chi connectivity index (χ0n) is 10.3. The predicted molar refractivity (Wildman–Crippen MR) is 70.7 cm³/mol. The molecule has 0 aromatic heterocycles. The second-order valence-electron chi connectivity index (χ2n) is 5.04. The molecule has 0 bridgehead atoms. The Labute approximate surface area is 107 Å². The van der Waals surface area contributed by atoms with E-state index in [1.807, 2.05) is 24.3 Å². The van der Waals surface area contributed by atoms with Crippen molar-refractivity contribution < 1.29 is 9.53 Å². The second kappa shape index (κ2) is 5.23. The minimum Gasteiger partial charge on any atom is -0.371 e. The van der Waals surface area contributed by atoms with Crippen molar-refractivity contribution in [1.29, 1.82) is 0 Å². The van der Waals surface area contributed by atoms with Crippen molar-refractivity contribution >= 4 is 18.0 Å². The van der Waals surface area contributed by atoms with E-state index in [2.05, 4.69) is 13.8 Å². The number of benzene rings is 1. The number of carbonyl (C=O) groups is 1. The summed E-state index contributed by atoms with van der Waals surface area (Å²) >= 11 is 1.76. The molecule has 2 nitrogen and oxygen atoms in total. The minimum atomic E-state index is 0.0376. The Bertz CT molecular complexity index is 401. The summed E-state index contributed by atoms with van der Waals surface area (Å²) in [5.41, 5.74) is 0.776. The third-order valence-corrected chi connectivity index (χ3v) is 4.11. The Morgan fingerprint density at radius 1 is 1.53 bits per heavy atom. The Morgan fingerprint density at radius 2 is 2.35 bits per heavy atom. The lowest BCUT2D eigenvalue weighted by Gasteiger charge is -2.19. The van der Waals surface area contributed by atoms with Crippen LogP contribution in [-0.2, 0) is 4.74 Å². The minimum absolute atomic E-state index is 0.0376. The van der Waals surface area contributed by atoms with Gasteiger partial charge in [0.05, 0.1) is 11.7 Å². The van der Waals surface area contributed by atoms with Crippen molar-refractivity contribution in [1.82, 2.24) is 0 Å². The topological polar surface area (TPSA) is 26.3 Å². The van der Waals surface area contributed by atoms with Gasteiger partial charge in [-0.05, 0) is 38.8 Å². The summed E-state index contributed by atoms with van der Waals surface area (Å²) in [7, 11) is 0. The number of ether oxygens (including phenoxy) is 1. The molecule has 1 atom stereocenters. The van der Waals surface area contributed by atoms with E-state index in [9.17, 15) is 4.79 Å². The Hall–Kier alpha value is -0.800. The van der Waals surface area contributed by atoms with E-state index < -0.39 is 0 Å². The number of hydrogen-bond acceptors (Lipinski definition) is 3. The maximum absolute atomic E-state index is 10.7. The Balaban J connectivity index is 1.88. The molecule has 0 radical (unpaired) electrons. The van der Waals surface area contributed by atoms with Gasteiger partial charge in [-0.25, -0.2) is 0 Å². The molecule has 1 heterocycles. The van der Waals surface area contributed by atoms with Gasteiger partial charge in [0, 0.05) is 16.2 Å². The summed E-state index contributed by atoms with van der Waals surface area (Å²) in [6.07, 6.45) is 3.49. The molecule has 0 amide bonds. The first kappa shape index (κ1) is 12.7. The smallest absolute Gasteiger partial charge is 0.150 e. The van der Waals surface area contributed by atoms with Crippen LogP contribution in [-0.4, -0.2) is 23.7 Å². The first-order valence-corrected chi connectivity index (χ1v) is 6.93. The average molecular weight is 250 g/mol. The van der Waals surface area contributed by atoms with E-state index in [1.165, 1.54) is 0 Å². The molecule has 1 unspecified atom stereocenters. The SMILES string of the molecule is CC1(C)CCC(CSc2cccc(C=O)c2)O1. The van der Waals surface area contributed by atoms with Crippen LogP contribution in [0.1, 0.15) is 37.0 Å². The second-order valence-corrected chi connectivity index (χ2v) is 6.13. The van der Waals surface area contributed by atoms with Gasteiger partial charge >= 0.3 is 0 Å². The van der Waals surface area contributed by atoms with E-state index >= 15 is 0 Å². The van der Waals surface area contributed by atoms with Gasteiger partial charge in [0.1, 0.15) is 6.29 Å². The lowest BCUT2D eigenvalue weighted by Crippen LogP contribution is -2.20. The number of hydrogen-bond donors (Lipinski definition) is 0. The van der Waals surface area contributed by atoms with Gasteiger partial charge in [-0.3, -0.25) is 4.79 Å². The highest BCUT2D eigenvalue weighted by Crippen LogP contribution is 2.32. The Kier molecular flexibility index (Phi) is 3.89. The van der Waals surface area contributed by atoms with Gasteiger partial charge in [0.2, 0.25) is 0 Å². The molecule has 2 rings (SSSR count).